The number of alkyl halides is 1. The lowest BCUT2D eigenvalue weighted by Gasteiger charge is -2.36. The summed E-state index contributed by atoms with van der Waals surface area (Å²) in [6.07, 6.45) is 4.09. The van der Waals surface area contributed by atoms with Crippen LogP contribution in [0.5, 0.6) is 0 Å². The van der Waals surface area contributed by atoms with Gasteiger partial charge in [0, 0.05) is 31.7 Å². The molecule has 0 amide bonds. The summed E-state index contributed by atoms with van der Waals surface area (Å²) >= 11 is 3.50. The average Bonchev–Trinajstić information content (AvgIpc) is 2.80. The second-order valence-electron chi connectivity index (χ2n) is 4.99. The van der Waals surface area contributed by atoms with Crippen LogP contribution in [0.15, 0.2) is 18.6 Å². The fourth-order valence-corrected chi connectivity index (χ4v) is 2.94. The van der Waals surface area contributed by atoms with Crippen molar-refractivity contribution in [2.75, 3.05) is 23.3 Å². The molecule has 19 heavy (non-hydrogen) atoms. The zero-order chi connectivity index (χ0) is 13.4. The normalized spacial score (nSPS) is 24.1. The molecule has 1 fully saturated rings. The summed E-state index contributed by atoms with van der Waals surface area (Å²) in [6, 6.07) is 2.00. The molecule has 2 unspecified atom stereocenters. The van der Waals surface area contributed by atoms with Crippen LogP contribution < -0.4 is 4.90 Å². The number of halogens is 1. The number of rotatable bonds is 2. The van der Waals surface area contributed by atoms with Crippen LogP contribution in [0.3, 0.4) is 0 Å². The number of morpholine rings is 1. The molecule has 0 saturated carbocycles. The van der Waals surface area contributed by atoms with E-state index >= 15 is 0 Å². The number of imidazole rings is 1. The van der Waals surface area contributed by atoms with Crippen molar-refractivity contribution in [3.05, 3.63) is 18.6 Å². The molecule has 0 aromatic carbocycles. The van der Waals surface area contributed by atoms with Gasteiger partial charge < -0.3 is 14.2 Å². The van der Waals surface area contributed by atoms with Gasteiger partial charge in [0.15, 0.2) is 5.82 Å². The molecule has 5 nitrogen and oxygen atoms in total. The van der Waals surface area contributed by atoms with Gasteiger partial charge in [-0.1, -0.05) is 15.9 Å². The fourth-order valence-electron chi connectivity index (χ4n) is 2.58. The van der Waals surface area contributed by atoms with E-state index in [2.05, 4.69) is 37.7 Å². The molecule has 0 spiro atoms. The van der Waals surface area contributed by atoms with Crippen LogP contribution in [0.2, 0.25) is 0 Å². The summed E-state index contributed by atoms with van der Waals surface area (Å²) in [4.78, 5) is 11.3. The van der Waals surface area contributed by atoms with Gasteiger partial charge in [-0.05, 0) is 13.0 Å². The Morgan fingerprint density at radius 2 is 2.26 bits per heavy atom. The second kappa shape index (κ2) is 5.09. The molecular weight excluding hydrogens is 308 g/mol. The predicted molar refractivity (Wildman–Crippen MR) is 78.9 cm³/mol. The van der Waals surface area contributed by atoms with Gasteiger partial charge in [-0.3, -0.25) is 0 Å². The van der Waals surface area contributed by atoms with Crippen LogP contribution in [0.4, 0.5) is 5.82 Å². The molecule has 0 N–H and O–H groups in total. The van der Waals surface area contributed by atoms with Crippen molar-refractivity contribution in [2.45, 2.75) is 19.1 Å². The first-order valence-electron chi connectivity index (χ1n) is 6.41. The van der Waals surface area contributed by atoms with Gasteiger partial charge in [0.05, 0.1) is 24.1 Å². The Labute approximate surface area is 120 Å². The third-order valence-electron chi connectivity index (χ3n) is 3.42. The van der Waals surface area contributed by atoms with Gasteiger partial charge in [0.1, 0.15) is 5.52 Å². The molecule has 2 aromatic rings. The molecule has 3 rings (SSSR count). The summed E-state index contributed by atoms with van der Waals surface area (Å²) in [5.74, 6) is 0.958. The smallest absolute Gasteiger partial charge is 0.156 e. The highest BCUT2D eigenvalue weighted by atomic mass is 79.9. The van der Waals surface area contributed by atoms with Crippen LogP contribution in [-0.4, -0.2) is 45.2 Å². The molecule has 2 aromatic heterocycles. The largest absolute Gasteiger partial charge is 0.371 e. The van der Waals surface area contributed by atoms with E-state index in [9.17, 15) is 0 Å². The Kier molecular flexibility index (Phi) is 3.45. The summed E-state index contributed by atoms with van der Waals surface area (Å²) in [6.45, 7) is 3.80. The van der Waals surface area contributed by atoms with Crippen molar-refractivity contribution in [3.63, 3.8) is 0 Å². The fraction of sp³-hybridized carbons (Fsp3) is 0.538. The molecule has 102 valence electrons. The number of hydrogen-bond donors (Lipinski definition) is 0. The van der Waals surface area contributed by atoms with E-state index in [0.29, 0.717) is 0 Å². The highest BCUT2D eigenvalue weighted by molar-refractivity contribution is 9.09. The molecule has 0 aliphatic carbocycles. The molecule has 0 bridgehead atoms. The summed E-state index contributed by atoms with van der Waals surface area (Å²) in [5.41, 5.74) is 2.08. The maximum atomic E-state index is 5.86. The molecule has 1 aliphatic rings. The van der Waals surface area contributed by atoms with Crippen LogP contribution in [0, 0.1) is 0 Å². The summed E-state index contributed by atoms with van der Waals surface area (Å²) in [5, 5.41) is 0.839. The maximum Gasteiger partial charge on any atom is 0.156 e. The monoisotopic (exact) mass is 324 g/mol. The number of ether oxygens (including phenoxy) is 1. The average molecular weight is 325 g/mol. The van der Waals surface area contributed by atoms with Gasteiger partial charge in [0.2, 0.25) is 0 Å². The Morgan fingerprint density at radius 3 is 3.05 bits per heavy atom. The summed E-state index contributed by atoms with van der Waals surface area (Å²) in [7, 11) is 2.00. The Bertz CT molecular complexity index is 585. The van der Waals surface area contributed by atoms with Crippen LogP contribution in [-0.2, 0) is 11.8 Å². The predicted octanol–water partition coefficient (Wildman–Crippen LogP) is 1.96. The van der Waals surface area contributed by atoms with Crippen molar-refractivity contribution in [3.8, 4) is 0 Å². The first-order valence-corrected chi connectivity index (χ1v) is 7.53. The summed E-state index contributed by atoms with van der Waals surface area (Å²) < 4.78 is 7.88. The minimum absolute atomic E-state index is 0.199. The van der Waals surface area contributed by atoms with Crippen LogP contribution >= 0.6 is 15.9 Å². The van der Waals surface area contributed by atoms with Crippen molar-refractivity contribution in [1.29, 1.82) is 0 Å². The second-order valence-corrected chi connectivity index (χ2v) is 5.63. The van der Waals surface area contributed by atoms with E-state index in [4.69, 9.17) is 4.74 Å². The maximum absolute atomic E-state index is 5.86. The van der Waals surface area contributed by atoms with E-state index < -0.39 is 0 Å². The van der Waals surface area contributed by atoms with Crippen molar-refractivity contribution in [1.82, 2.24) is 14.5 Å². The Morgan fingerprint density at radius 1 is 1.42 bits per heavy atom. The Balaban J connectivity index is 1.99. The SMILES string of the molecule is CC1CN(c2nccc3c2ncn3C)CC(CBr)O1. The van der Waals surface area contributed by atoms with E-state index in [1.165, 1.54) is 0 Å². The topological polar surface area (TPSA) is 43.2 Å². The lowest BCUT2D eigenvalue weighted by atomic mass is 10.2. The number of pyridine rings is 1. The highest BCUT2D eigenvalue weighted by Gasteiger charge is 2.27. The van der Waals surface area contributed by atoms with Gasteiger partial charge in [0.25, 0.3) is 0 Å². The Hall–Kier alpha value is -1.14. The molecule has 1 saturated heterocycles. The third kappa shape index (κ3) is 2.34. The zero-order valence-corrected chi connectivity index (χ0v) is 12.7. The molecule has 3 heterocycles. The minimum atomic E-state index is 0.199. The number of hydrogen-bond acceptors (Lipinski definition) is 4. The van der Waals surface area contributed by atoms with Gasteiger partial charge >= 0.3 is 0 Å². The number of fused-ring (bicyclic) bond motifs is 1. The van der Waals surface area contributed by atoms with Gasteiger partial charge in [-0.15, -0.1) is 0 Å². The zero-order valence-electron chi connectivity index (χ0n) is 11.1. The third-order valence-corrected chi connectivity index (χ3v) is 4.14. The molecule has 6 heteroatoms. The van der Waals surface area contributed by atoms with Gasteiger partial charge in [-0.2, -0.15) is 0 Å². The number of anilines is 1. The van der Waals surface area contributed by atoms with Crippen LogP contribution in [0.25, 0.3) is 11.0 Å². The molecular formula is C13H17BrN4O. The minimum Gasteiger partial charge on any atom is -0.371 e. The standard InChI is InChI=1S/C13H17BrN4O/c1-9-6-18(7-10(5-14)19-9)13-12-11(3-4-15-13)17(2)8-16-12/h3-4,8-10H,5-7H2,1-2H3. The van der Waals surface area contributed by atoms with Crippen molar-refractivity contribution in [2.24, 2.45) is 7.05 Å². The first-order chi connectivity index (χ1) is 9.19. The van der Waals surface area contributed by atoms with Crippen LogP contribution in [0.1, 0.15) is 6.92 Å². The van der Waals surface area contributed by atoms with Gasteiger partial charge in [-0.25, -0.2) is 9.97 Å². The van der Waals surface area contributed by atoms with E-state index in [1.807, 2.05) is 30.2 Å². The number of aryl methyl sites for hydroxylation is 1. The van der Waals surface area contributed by atoms with Crippen molar-refractivity contribution < 1.29 is 4.74 Å². The first kappa shape index (κ1) is 12.9. The quantitative estimate of drug-likeness (QED) is 0.792. The molecule has 2 atom stereocenters. The van der Waals surface area contributed by atoms with Crippen molar-refractivity contribution >= 4 is 32.8 Å². The van der Waals surface area contributed by atoms with E-state index in [0.717, 1.165) is 35.3 Å². The highest BCUT2D eigenvalue weighted by Crippen LogP contribution is 2.25. The van der Waals surface area contributed by atoms with E-state index in [-0.39, 0.29) is 12.2 Å². The molecule has 1 aliphatic heterocycles. The van der Waals surface area contributed by atoms with E-state index in [1.54, 1.807) is 0 Å². The molecule has 0 radical (unpaired) electrons. The lowest BCUT2D eigenvalue weighted by molar-refractivity contribution is -0.00214. The number of nitrogens with zero attached hydrogens (tertiary/aromatic N) is 4. The lowest BCUT2D eigenvalue weighted by Crippen LogP contribution is -2.47. The number of aromatic nitrogens is 3.